The molecular weight excluding hydrogens is 339 g/mol. The number of carbonyl (C=O) groups is 1. The van der Waals surface area contributed by atoms with Gasteiger partial charge in [0.15, 0.2) is 0 Å². The van der Waals surface area contributed by atoms with Gasteiger partial charge in [-0.05, 0) is 23.6 Å². The standard InChI is InChI=1S/C15H15FN2O3S2/c16-12-4-1-2-6-14(12)23(20,21)18-9-7-17(8-10-18)15(19)13-5-3-11-22-13/h1-6,11H,7-10H2. The molecule has 1 aromatic carbocycles. The summed E-state index contributed by atoms with van der Waals surface area (Å²) in [5.74, 6) is -0.854. The van der Waals surface area contributed by atoms with E-state index >= 15 is 0 Å². The zero-order valence-corrected chi connectivity index (χ0v) is 13.8. The fraction of sp³-hybridized carbons (Fsp3) is 0.267. The van der Waals surface area contributed by atoms with Gasteiger partial charge < -0.3 is 4.90 Å². The lowest BCUT2D eigenvalue weighted by Gasteiger charge is -2.33. The van der Waals surface area contributed by atoms with E-state index in [2.05, 4.69) is 0 Å². The van der Waals surface area contributed by atoms with Crippen LogP contribution in [0, 0.1) is 5.82 Å². The lowest BCUT2D eigenvalue weighted by Crippen LogP contribution is -2.50. The molecule has 2 heterocycles. The van der Waals surface area contributed by atoms with Gasteiger partial charge in [0.1, 0.15) is 10.7 Å². The van der Waals surface area contributed by atoms with Gasteiger partial charge in [0.2, 0.25) is 10.0 Å². The molecule has 0 atom stereocenters. The van der Waals surface area contributed by atoms with Crippen LogP contribution in [0.4, 0.5) is 4.39 Å². The highest BCUT2D eigenvalue weighted by Gasteiger charge is 2.32. The predicted molar refractivity (Wildman–Crippen MR) is 85.4 cm³/mol. The Morgan fingerprint density at radius 3 is 2.35 bits per heavy atom. The molecular formula is C15H15FN2O3S2. The number of hydrogen-bond donors (Lipinski definition) is 0. The van der Waals surface area contributed by atoms with Gasteiger partial charge in [-0.25, -0.2) is 12.8 Å². The third-order valence-corrected chi connectivity index (χ3v) is 6.50. The molecule has 0 saturated carbocycles. The lowest BCUT2D eigenvalue weighted by atomic mass is 10.3. The van der Waals surface area contributed by atoms with Crippen LogP contribution in [0.15, 0.2) is 46.7 Å². The van der Waals surface area contributed by atoms with Gasteiger partial charge in [-0.2, -0.15) is 4.31 Å². The van der Waals surface area contributed by atoms with Crippen molar-refractivity contribution in [1.29, 1.82) is 0 Å². The number of piperazine rings is 1. The van der Waals surface area contributed by atoms with E-state index in [4.69, 9.17) is 0 Å². The highest BCUT2D eigenvalue weighted by Crippen LogP contribution is 2.21. The summed E-state index contributed by atoms with van der Waals surface area (Å²) in [5.41, 5.74) is 0. The summed E-state index contributed by atoms with van der Waals surface area (Å²) in [7, 11) is -3.87. The maximum Gasteiger partial charge on any atom is 0.264 e. The number of carbonyl (C=O) groups excluding carboxylic acids is 1. The largest absolute Gasteiger partial charge is 0.335 e. The number of nitrogens with zero attached hydrogens (tertiary/aromatic N) is 2. The van der Waals surface area contributed by atoms with Gasteiger partial charge in [-0.15, -0.1) is 11.3 Å². The first-order chi connectivity index (χ1) is 11.0. The van der Waals surface area contributed by atoms with Crippen molar-refractivity contribution in [1.82, 2.24) is 9.21 Å². The summed E-state index contributed by atoms with van der Waals surface area (Å²) in [6, 6.07) is 8.88. The molecule has 0 N–H and O–H groups in total. The Morgan fingerprint density at radius 1 is 1.04 bits per heavy atom. The number of sulfonamides is 1. The SMILES string of the molecule is O=C(c1cccs1)N1CCN(S(=O)(=O)c2ccccc2F)CC1. The molecule has 1 aliphatic heterocycles. The Kier molecular flexibility index (Phi) is 4.47. The fourth-order valence-corrected chi connectivity index (χ4v) is 4.66. The molecule has 122 valence electrons. The first-order valence-electron chi connectivity index (χ1n) is 7.07. The molecule has 0 aliphatic carbocycles. The van der Waals surface area contributed by atoms with Crippen LogP contribution >= 0.6 is 11.3 Å². The summed E-state index contributed by atoms with van der Waals surface area (Å²) in [6.45, 7) is 0.913. The molecule has 0 bridgehead atoms. The molecule has 3 rings (SSSR count). The van der Waals surface area contributed by atoms with Crippen molar-refractivity contribution in [3.05, 3.63) is 52.5 Å². The Hall–Kier alpha value is -1.77. The number of thiophene rings is 1. The second-order valence-electron chi connectivity index (χ2n) is 5.10. The van der Waals surface area contributed by atoms with Crippen molar-refractivity contribution in [2.24, 2.45) is 0 Å². The fourth-order valence-electron chi connectivity index (χ4n) is 2.48. The van der Waals surface area contributed by atoms with Crippen molar-refractivity contribution in [3.8, 4) is 0 Å². The quantitative estimate of drug-likeness (QED) is 0.847. The van der Waals surface area contributed by atoms with E-state index in [1.165, 1.54) is 33.8 Å². The smallest absolute Gasteiger partial charge is 0.264 e. The first kappa shape index (κ1) is 16.1. The van der Waals surface area contributed by atoms with Crippen molar-refractivity contribution in [3.63, 3.8) is 0 Å². The van der Waals surface area contributed by atoms with Crippen molar-refractivity contribution in [2.75, 3.05) is 26.2 Å². The molecule has 1 saturated heterocycles. The van der Waals surface area contributed by atoms with Gasteiger partial charge >= 0.3 is 0 Å². The Labute approximate surface area is 138 Å². The molecule has 0 spiro atoms. The van der Waals surface area contributed by atoms with Crippen LogP contribution in [0.2, 0.25) is 0 Å². The Bertz CT molecular complexity index is 798. The lowest BCUT2D eigenvalue weighted by molar-refractivity contribution is 0.0702. The average Bonchev–Trinajstić information content (AvgIpc) is 3.09. The minimum absolute atomic E-state index is 0.0945. The van der Waals surface area contributed by atoms with Gasteiger partial charge in [0.05, 0.1) is 4.88 Å². The van der Waals surface area contributed by atoms with Crippen molar-refractivity contribution < 1.29 is 17.6 Å². The highest BCUT2D eigenvalue weighted by atomic mass is 32.2. The minimum Gasteiger partial charge on any atom is -0.335 e. The van der Waals surface area contributed by atoms with Gasteiger partial charge in [-0.3, -0.25) is 4.79 Å². The zero-order chi connectivity index (χ0) is 16.4. The normalized spacial score (nSPS) is 16.5. The molecule has 23 heavy (non-hydrogen) atoms. The van der Waals surface area contributed by atoms with Gasteiger partial charge in [-0.1, -0.05) is 18.2 Å². The second kappa shape index (κ2) is 6.38. The molecule has 1 amide bonds. The summed E-state index contributed by atoms with van der Waals surface area (Å²) in [6.07, 6.45) is 0. The highest BCUT2D eigenvalue weighted by molar-refractivity contribution is 7.89. The number of benzene rings is 1. The van der Waals surface area contributed by atoms with E-state index in [9.17, 15) is 17.6 Å². The summed E-state index contributed by atoms with van der Waals surface area (Å²) in [5, 5.41) is 1.83. The third kappa shape index (κ3) is 3.15. The number of halogens is 1. The van der Waals surface area contributed by atoms with E-state index in [0.717, 1.165) is 6.07 Å². The van der Waals surface area contributed by atoms with E-state index in [1.54, 1.807) is 17.0 Å². The van der Waals surface area contributed by atoms with E-state index in [0.29, 0.717) is 18.0 Å². The number of amides is 1. The maximum atomic E-state index is 13.8. The van der Waals surface area contributed by atoms with Crippen LogP contribution in [0.5, 0.6) is 0 Å². The van der Waals surface area contributed by atoms with E-state index < -0.39 is 15.8 Å². The molecule has 0 radical (unpaired) electrons. The Balaban J connectivity index is 1.72. The number of hydrogen-bond acceptors (Lipinski definition) is 4. The van der Waals surface area contributed by atoms with E-state index in [-0.39, 0.29) is 23.9 Å². The van der Waals surface area contributed by atoms with Crippen LogP contribution in [0.25, 0.3) is 0 Å². The predicted octanol–water partition coefficient (Wildman–Crippen LogP) is 2.03. The van der Waals surface area contributed by atoms with Crippen molar-refractivity contribution >= 4 is 27.3 Å². The number of rotatable bonds is 3. The first-order valence-corrected chi connectivity index (χ1v) is 9.39. The van der Waals surface area contributed by atoms with Crippen molar-refractivity contribution in [2.45, 2.75) is 4.90 Å². The van der Waals surface area contributed by atoms with Crippen LogP contribution in [-0.2, 0) is 10.0 Å². The Morgan fingerprint density at radius 2 is 1.74 bits per heavy atom. The average molecular weight is 354 g/mol. The van der Waals surface area contributed by atoms with Gasteiger partial charge in [0.25, 0.3) is 5.91 Å². The van der Waals surface area contributed by atoms with Crippen LogP contribution in [-0.4, -0.2) is 49.7 Å². The molecule has 5 nitrogen and oxygen atoms in total. The second-order valence-corrected chi connectivity index (χ2v) is 7.96. The molecule has 1 aromatic heterocycles. The van der Waals surface area contributed by atoms with Crippen LogP contribution < -0.4 is 0 Å². The molecule has 2 aromatic rings. The molecule has 0 unspecified atom stereocenters. The minimum atomic E-state index is -3.87. The van der Waals surface area contributed by atoms with Crippen LogP contribution in [0.1, 0.15) is 9.67 Å². The summed E-state index contributed by atoms with van der Waals surface area (Å²) in [4.78, 5) is 14.2. The molecule has 1 fully saturated rings. The van der Waals surface area contributed by atoms with Crippen LogP contribution in [0.3, 0.4) is 0 Å². The maximum absolute atomic E-state index is 13.8. The van der Waals surface area contributed by atoms with Gasteiger partial charge in [0, 0.05) is 26.2 Å². The van der Waals surface area contributed by atoms with E-state index in [1.807, 2.05) is 5.38 Å². The summed E-state index contributed by atoms with van der Waals surface area (Å²) < 4.78 is 40.0. The molecule has 8 heteroatoms. The zero-order valence-electron chi connectivity index (χ0n) is 12.2. The third-order valence-electron chi connectivity index (χ3n) is 3.71. The topological polar surface area (TPSA) is 57.7 Å². The summed E-state index contributed by atoms with van der Waals surface area (Å²) >= 11 is 1.36. The molecule has 1 aliphatic rings. The monoisotopic (exact) mass is 354 g/mol.